The summed E-state index contributed by atoms with van der Waals surface area (Å²) in [6, 6.07) is 11.5. The number of sulfonamides is 1. The van der Waals surface area contributed by atoms with E-state index in [-0.39, 0.29) is 11.3 Å². The average Bonchev–Trinajstić information content (AvgIpc) is 2.52. The molecule has 1 N–H and O–H groups in total. The van der Waals surface area contributed by atoms with Crippen LogP contribution in [0, 0.1) is 0 Å². The molecule has 0 saturated heterocycles. The third-order valence-electron chi connectivity index (χ3n) is 3.53. The van der Waals surface area contributed by atoms with Crippen molar-refractivity contribution in [3.8, 4) is 0 Å². The van der Waals surface area contributed by atoms with Crippen molar-refractivity contribution in [2.45, 2.75) is 17.4 Å². The van der Waals surface area contributed by atoms with E-state index in [2.05, 4.69) is 15.9 Å². The summed E-state index contributed by atoms with van der Waals surface area (Å²) in [5, 5.41) is 9.89. The minimum atomic E-state index is -3.95. The van der Waals surface area contributed by atoms with Gasteiger partial charge in [0.25, 0.3) is 0 Å². The average molecular weight is 433 g/mol. The number of carboxylic acid groups (broad SMARTS) is 1. The van der Waals surface area contributed by atoms with Gasteiger partial charge in [-0.25, -0.2) is 8.42 Å². The molecule has 8 heteroatoms. The van der Waals surface area contributed by atoms with Gasteiger partial charge in [0.05, 0.1) is 4.90 Å². The Kier molecular flexibility index (Phi) is 6.03. The van der Waals surface area contributed by atoms with Crippen LogP contribution in [0.2, 0.25) is 5.02 Å². The van der Waals surface area contributed by atoms with Crippen molar-refractivity contribution in [3.05, 3.63) is 63.6 Å². The zero-order valence-corrected chi connectivity index (χ0v) is 15.8. The summed E-state index contributed by atoms with van der Waals surface area (Å²) in [6.07, 6.45) is 0.0537. The van der Waals surface area contributed by atoms with Gasteiger partial charge in [-0.05, 0) is 48.4 Å². The van der Waals surface area contributed by atoms with Crippen LogP contribution in [0.15, 0.2) is 57.9 Å². The first-order valence-corrected chi connectivity index (χ1v) is 9.54. The predicted octanol–water partition coefficient (Wildman–Crippen LogP) is 3.42. The highest BCUT2D eigenvalue weighted by atomic mass is 79.9. The Morgan fingerprint density at radius 2 is 1.88 bits per heavy atom. The maximum atomic E-state index is 12.7. The first-order chi connectivity index (χ1) is 11.2. The van der Waals surface area contributed by atoms with E-state index in [1.807, 2.05) is 6.07 Å². The molecule has 128 valence electrons. The van der Waals surface area contributed by atoms with Gasteiger partial charge < -0.3 is 5.11 Å². The van der Waals surface area contributed by atoms with E-state index in [1.165, 1.54) is 31.3 Å². The van der Waals surface area contributed by atoms with E-state index in [9.17, 15) is 18.3 Å². The number of carboxylic acids is 1. The zero-order chi connectivity index (χ0) is 17.9. The summed E-state index contributed by atoms with van der Waals surface area (Å²) in [4.78, 5) is 11.6. The first kappa shape index (κ1) is 18.9. The lowest BCUT2D eigenvalue weighted by molar-refractivity contribution is -0.141. The number of nitrogens with zero attached hydrogens (tertiary/aromatic N) is 1. The fourth-order valence-electron chi connectivity index (χ4n) is 2.20. The van der Waals surface area contributed by atoms with Crippen molar-refractivity contribution in [2.75, 3.05) is 7.05 Å². The fourth-order valence-corrected chi connectivity index (χ4v) is 4.08. The van der Waals surface area contributed by atoms with Crippen LogP contribution in [0.1, 0.15) is 5.56 Å². The molecular formula is C16H15BrClNO4S. The largest absolute Gasteiger partial charge is 0.480 e. The van der Waals surface area contributed by atoms with Crippen LogP contribution >= 0.6 is 27.5 Å². The van der Waals surface area contributed by atoms with Crippen LogP contribution in [0.3, 0.4) is 0 Å². The topological polar surface area (TPSA) is 74.7 Å². The molecule has 0 aliphatic rings. The highest BCUT2D eigenvalue weighted by Crippen LogP contribution is 2.22. The van der Waals surface area contributed by atoms with Gasteiger partial charge in [-0.1, -0.05) is 39.7 Å². The molecule has 2 aromatic carbocycles. The van der Waals surface area contributed by atoms with E-state index in [1.54, 1.807) is 18.2 Å². The lowest BCUT2D eigenvalue weighted by atomic mass is 10.1. The second-order valence-corrected chi connectivity index (χ2v) is 8.51. The molecule has 0 fully saturated rings. The smallest absolute Gasteiger partial charge is 0.322 e. The second kappa shape index (κ2) is 7.65. The van der Waals surface area contributed by atoms with Gasteiger partial charge >= 0.3 is 5.97 Å². The Morgan fingerprint density at radius 1 is 1.25 bits per heavy atom. The molecule has 0 aromatic heterocycles. The van der Waals surface area contributed by atoms with Crippen LogP contribution in [0.25, 0.3) is 0 Å². The first-order valence-electron chi connectivity index (χ1n) is 6.92. The summed E-state index contributed by atoms with van der Waals surface area (Å²) in [5.74, 6) is -1.21. The number of rotatable bonds is 6. The molecule has 0 amide bonds. The van der Waals surface area contributed by atoms with Crippen molar-refractivity contribution in [2.24, 2.45) is 0 Å². The molecule has 5 nitrogen and oxygen atoms in total. The SMILES string of the molecule is CN([C@@H](Cc1cccc(Br)c1)C(=O)O)S(=O)(=O)c1ccc(Cl)cc1. The minimum Gasteiger partial charge on any atom is -0.480 e. The Bertz CT molecular complexity index is 839. The lowest BCUT2D eigenvalue weighted by Crippen LogP contribution is -2.43. The number of aliphatic carboxylic acids is 1. The van der Waals surface area contributed by atoms with Crippen LogP contribution in [0.4, 0.5) is 0 Å². The molecular weight excluding hydrogens is 418 g/mol. The molecule has 24 heavy (non-hydrogen) atoms. The molecule has 0 aliphatic heterocycles. The van der Waals surface area contributed by atoms with Crippen molar-refractivity contribution < 1.29 is 18.3 Å². The van der Waals surface area contributed by atoms with E-state index < -0.39 is 22.0 Å². The summed E-state index contributed by atoms with van der Waals surface area (Å²) in [7, 11) is -2.68. The maximum absolute atomic E-state index is 12.7. The second-order valence-electron chi connectivity index (χ2n) is 5.16. The van der Waals surface area contributed by atoms with Gasteiger partial charge in [0, 0.05) is 16.5 Å². The molecule has 0 spiro atoms. The summed E-state index contributed by atoms with van der Waals surface area (Å²) in [5.41, 5.74) is 0.718. The molecule has 2 rings (SSSR count). The highest BCUT2D eigenvalue weighted by molar-refractivity contribution is 9.10. The number of benzene rings is 2. The van der Waals surface area contributed by atoms with Crippen LogP contribution in [-0.4, -0.2) is 36.9 Å². The highest BCUT2D eigenvalue weighted by Gasteiger charge is 2.33. The van der Waals surface area contributed by atoms with Gasteiger partial charge in [0.15, 0.2) is 0 Å². The monoisotopic (exact) mass is 431 g/mol. The molecule has 0 aliphatic carbocycles. The Labute approximate surface area is 154 Å². The molecule has 0 heterocycles. The number of hydrogen-bond donors (Lipinski definition) is 1. The molecule has 1 atom stereocenters. The van der Waals surface area contributed by atoms with E-state index in [0.29, 0.717) is 5.02 Å². The number of likely N-dealkylation sites (N-methyl/N-ethyl adjacent to an activating group) is 1. The van der Waals surface area contributed by atoms with Crippen molar-refractivity contribution >= 4 is 43.5 Å². The van der Waals surface area contributed by atoms with E-state index in [0.717, 1.165) is 14.3 Å². The minimum absolute atomic E-state index is 0.00473. The van der Waals surface area contributed by atoms with Gasteiger partial charge in [-0.15, -0.1) is 0 Å². The standard InChI is InChI=1S/C16H15BrClNO4S/c1-19(24(22,23)14-7-5-13(18)6-8-14)15(16(20)21)10-11-3-2-4-12(17)9-11/h2-9,15H,10H2,1H3,(H,20,21)/t15-/m0/s1. The van der Waals surface area contributed by atoms with Crippen molar-refractivity contribution in [1.29, 1.82) is 0 Å². The molecule has 0 saturated carbocycles. The summed E-state index contributed by atoms with van der Waals surface area (Å²) in [6.45, 7) is 0. The molecule has 0 bridgehead atoms. The third-order valence-corrected chi connectivity index (χ3v) is 6.16. The fraction of sp³-hybridized carbons (Fsp3) is 0.188. The summed E-state index contributed by atoms with van der Waals surface area (Å²) < 4.78 is 27.0. The van der Waals surface area contributed by atoms with Crippen LogP contribution in [0.5, 0.6) is 0 Å². The zero-order valence-electron chi connectivity index (χ0n) is 12.7. The van der Waals surface area contributed by atoms with Gasteiger partial charge in [0.1, 0.15) is 6.04 Å². The Morgan fingerprint density at radius 3 is 2.42 bits per heavy atom. The van der Waals surface area contributed by atoms with Crippen LogP contribution in [-0.2, 0) is 21.2 Å². The number of carbonyl (C=O) groups is 1. The molecule has 0 unspecified atom stereocenters. The van der Waals surface area contributed by atoms with Crippen molar-refractivity contribution in [3.63, 3.8) is 0 Å². The Hall–Kier alpha value is -1.41. The quantitative estimate of drug-likeness (QED) is 0.759. The predicted molar refractivity (Wildman–Crippen MR) is 95.7 cm³/mol. The Balaban J connectivity index is 2.33. The summed E-state index contributed by atoms with van der Waals surface area (Å²) >= 11 is 9.09. The van der Waals surface area contributed by atoms with E-state index >= 15 is 0 Å². The van der Waals surface area contributed by atoms with E-state index in [4.69, 9.17) is 11.6 Å². The lowest BCUT2D eigenvalue weighted by Gasteiger charge is -2.24. The maximum Gasteiger partial charge on any atom is 0.322 e. The number of halogens is 2. The van der Waals surface area contributed by atoms with Gasteiger partial charge in [-0.3, -0.25) is 4.79 Å². The normalized spacial score (nSPS) is 13.0. The molecule has 2 aromatic rings. The van der Waals surface area contributed by atoms with Gasteiger partial charge in [0.2, 0.25) is 10.0 Å². The third kappa shape index (κ3) is 4.36. The molecule has 0 radical (unpaired) electrons. The number of hydrogen-bond acceptors (Lipinski definition) is 3. The van der Waals surface area contributed by atoms with Crippen LogP contribution < -0.4 is 0 Å². The van der Waals surface area contributed by atoms with Crippen molar-refractivity contribution in [1.82, 2.24) is 4.31 Å². The van der Waals surface area contributed by atoms with Gasteiger partial charge in [-0.2, -0.15) is 4.31 Å².